The molecule has 8 rings (SSSR count). The molecular formula is C41H51N5O7S2. The Morgan fingerprint density at radius 3 is 2.55 bits per heavy atom. The molecule has 3 aromatic rings. The number of rotatable bonds is 8. The van der Waals surface area contributed by atoms with E-state index in [4.69, 9.17) is 19.4 Å². The topological polar surface area (TPSA) is 157 Å². The van der Waals surface area contributed by atoms with Gasteiger partial charge in [-0.1, -0.05) is 31.4 Å². The smallest absolute Gasteiger partial charge is 0.259 e. The number of nitrogens with zero attached hydrogens (tertiary/aromatic N) is 3. The summed E-state index contributed by atoms with van der Waals surface area (Å²) in [6.07, 6.45) is 13.7. The third-order valence-electron chi connectivity index (χ3n) is 12.4. The summed E-state index contributed by atoms with van der Waals surface area (Å²) in [5.74, 6) is -1.36. The first kappa shape index (κ1) is 37.9. The fraction of sp³-hybridized carbons (Fsp3) is 0.585. The van der Waals surface area contributed by atoms with Gasteiger partial charge in [0, 0.05) is 47.8 Å². The van der Waals surface area contributed by atoms with Crippen LogP contribution in [0.3, 0.4) is 0 Å². The van der Waals surface area contributed by atoms with Crippen LogP contribution in [0.15, 0.2) is 35.7 Å². The lowest BCUT2D eigenvalue weighted by molar-refractivity contribution is -0.140. The number of aryl methyl sites for hydroxylation is 1. The van der Waals surface area contributed by atoms with Crippen LogP contribution in [-0.4, -0.2) is 78.6 Å². The molecule has 3 amide bonds. The van der Waals surface area contributed by atoms with Crippen LogP contribution in [-0.2, 0) is 24.4 Å². The van der Waals surface area contributed by atoms with Crippen molar-refractivity contribution in [3.05, 3.63) is 46.3 Å². The number of amides is 3. The molecular weight excluding hydrogens is 739 g/mol. The zero-order chi connectivity index (χ0) is 38.5. The zero-order valence-electron chi connectivity index (χ0n) is 31.8. The minimum Gasteiger partial charge on any atom is -0.496 e. The quantitative estimate of drug-likeness (QED) is 0.255. The number of thiazole rings is 1. The van der Waals surface area contributed by atoms with Crippen molar-refractivity contribution >= 4 is 50.0 Å². The van der Waals surface area contributed by atoms with Gasteiger partial charge >= 0.3 is 0 Å². The van der Waals surface area contributed by atoms with Crippen LogP contribution in [0.2, 0.25) is 0 Å². The molecule has 0 spiro atoms. The van der Waals surface area contributed by atoms with Crippen molar-refractivity contribution in [2.24, 2.45) is 17.8 Å². The summed E-state index contributed by atoms with van der Waals surface area (Å²) in [5, 5.41) is 6.39. The summed E-state index contributed by atoms with van der Waals surface area (Å²) in [7, 11) is -0.422. The number of pyridine rings is 1. The highest BCUT2D eigenvalue weighted by atomic mass is 32.2. The lowest BCUT2D eigenvalue weighted by Crippen LogP contribution is -2.54. The van der Waals surface area contributed by atoms with Crippen molar-refractivity contribution in [3.8, 4) is 22.9 Å². The van der Waals surface area contributed by atoms with E-state index in [9.17, 15) is 22.8 Å². The SMILES string of the molecule is COc1ccc2c(O[C@@H]3C[C@H]4C(=O)N[C@]5(C(=O)NS(=O)(=O)C6CC6)C[C@H]5/C=C\CCCCN(C)C(=O)[C@@H]4C3)cc(-c3csc(C4CCCCC4)n3)nc2c1C. The number of methoxy groups -OCH3 is 1. The number of fused-ring (bicyclic) bond motifs is 3. The molecule has 4 saturated carbocycles. The molecule has 294 valence electrons. The average molecular weight is 790 g/mol. The number of carbonyl (C=O) groups is 3. The van der Waals surface area contributed by atoms with Gasteiger partial charge in [-0.2, -0.15) is 0 Å². The summed E-state index contributed by atoms with van der Waals surface area (Å²) >= 11 is 1.68. The lowest BCUT2D eigenvalue weighted by Gasteiger charge is -2.26. The van der Waals surface area contributed by atoms with Crippen molar-refractivity contribution in [1.82, 2.24) is 24.9 Å². The van der Waals surface area contributed by atoms with Gasteiger partial charge in [-0.3, -0.25) is 19.1 Å². The van der Waals surface area contributed by atoms with Crippen LogP contribution in [0, 0.1) is 24.7 Å². The van der Waals surface area contributed by atoms with Gasteiger partial charge in [0.2, 0.25) is 21.8 Å². The van der Waals surface area contributed by atoms with Crippen molar-refractivity contribution in [3.63, 3.8) is 0 Å². The van der Waals surface area contributed by atoms with E-state index < -0.39 is 50.6 Å². The highest BCUT2D eigenvalue weighted by Crippen LogP contribution is 2.47. The normalized spacial score (nSPS) is 28.5. The van der Waals surface area contributed by atoms with E-state index in [2.05, 4.69) is 15.4 Å². The van der Waals surface area contributed by atoms with Crippen molar-refractivity contribution < 1.29 is 32.3 Å². The Labute approximate surface area is 326 Å². The van der Waals surface area contributed by atoms with E-state index in [1.54, 1.807) is 30.4 Å². The highest BCUT2D eigenvalue weighted by molar-refractivity contribution is 7.91. The molecule has 2 N–H and O–H groups in total. The van der Waals surface area contributed by atoms with Crippen molar-refractivity contribution in [2.75, 3.05) is 20.7 Å². The summed E-state index contributed by atoms with van der Waals surface area (Å²) in [6.45, 7) is 2.53. The number of hydrogen-bond acceptors (Lipinski definition) is 10. The zero-order valence-corrected chi connectivity index (χ0v) is 33.5. The van der Waals surface area contributed by atoms with Crippen molar-refractivity contribution in [1.29, 1.82) is 0 Å². The molecule has 0 saturated heterocycles. The maximum Gasteiger partial charge on any atom is 0.259 e. The van der Waals surface area contributed by atoms with Gasteiger partial charge in [-0.15, -0.1) is 11.3 Å². The second-order valence-corrected chi connectivity index (χ2v) is 19.1. The molecule has 5 aliphatic rings. The number of benzene rings is 1. The Morgan fingerprint density at radius 1 is 1.00 bits per heavy atom. The summed E-state index contributed by atoms with van der Waals surface area (Å²) in [6, 6.07) is 5.74. The van der Waals surface area contributed by atoms with E-state index in [0.717, 1.165) is 59.3 Å². The van der Waals surface area contributed by atoms with E-state index in [0.29, 0.717) is 55.3 Å². The first-order valence-electron chi connectivity index (χ1n) is 19.9. The van der Waals surface area contributed by atoms with E-state index in [1.807, 2.05) is 37.3 Å². The molecule has 55 heavy (non-hydrogen) atoms. The molecule has 4 aliphatic carbocycles. The van der Waals surface area contributed by atoms with Gasteiger partial charge in [-0.25, -0.2) is 18.4 Å². The molecule has 0 radical (unpaired) electrons. The van der Waals surface area contributed by atoms with E-state index in [-0.39, 0.29) is 18.2 Å². The second-order valence-electron chi connectivity index (χ2n) is 16.3. The third kappa shape index (κ3) is 7.60. The number of aromatic nitrogens is 2. The van der Waals surface area contributed by atoms with Crippen LogP contribution in [0.4, 0.5) is 0 Å². The minimum absolute atomic E-state index is 0.139. The summed E-state index contributed by atoms with van der Waals surface area (Å²) in [4.78, 5) is 54.0. The number of hydrogen-bond donors (Lipinski definition) is 2. The van der Waals surface area contributed by atoms with Crippen LogP contribution in [0.1, 0.15) is 100.0 Å². The fourth-order valence-corrected chi connectivity index (χ4v) is 11.2. The molecule has 1 aromatic carbocycles. The Bertz CT molecular complexity index is 2130. The molecule has 12 nitrogen and oxygen atoms in total. The standard InChI is InChI=1S/C41H51N5O7S2/c1-24-34(52-3)17-16-29-35(21-32(42-36(24)29)33-23-54-38(43-33)25-11-7-6-8-12-25)53-27-19-30-31(20-27)39(48)46(2)18-10-5-4-9-13-26-22-41(26,44-37(30)47)40(49)45-55(50,51)28-14-15-28/h9,13,16-17,21,23,25-28,30-31H,4-8,10-12,14-15,18-20,22H2,1-3H3,(H,44,47)(H,45,49)/b13-9-/t26-,27-,30-,31-,41-/m1/s1. The molecule has 2 aromatic heterocycles. The Kier molecular flexibility index (Phi) is 10.4. The Hall–Kier alpha value is -4.04. The number of allylic oxidation sites excluding steroid dienone is 1. The lowest BCUT2D eigenvalue weighted by atomic mass is 9.90. The van der Waals surface area contributed by atoms with Crippen LogP contribution in [0.5, 0.6) is 11.5 Å². The number of ether oxygens (including phenoxy) is 2. The van der Waals surface area contributed by atoms with Gasteiger partial charge in [0.15, 0.2) is 0 Å². The largest absolute Gasteiger partial charge is 0.496 e. The van der Waals surface area contributed by atoms with Gasteiger partial charge in [0.25, 0.3) is 5.91 Å². The minimum atomic E-state index is -3.83. The highest BCUT2D eigenvalue weighted by Gasteiger charge is 2.62. The first-order valence-corrected chi connectivity index (χ1v) is 22.3. The molecule has 5 atom stereocenters. The van der Waals surface area contributed by atoms with E-state index >= 15 is 0 Å². The number of sulfonamides is 1. The van der Waals surface area contributed by atoms with Gasteiger partial charge in [-0.05, 0) is 83.3 Å². The number of nitrogens with one attached hydrogen (secondary N) is 2. The fourth-order valence-electron chi connectivity index (χ4n) is 8.84. The molecule has 1 aliphatic heterocycles. The molecule has 14 heteroatoms. The molecule has 3 heterocycles. The number of carbonyl (C=O) groups excluding carboxylic acids is 3. The summed E-state index contributed by atoms with van der Waals surface area (Å²) < 4.78 is 40.4. The maximum atomic E-state index is 14.4. The predicted octanol–water partition coefficient (Wildman–Crippen LogP) is 6.18. The maximum absolute atomic E-state index is 14.4. The van der Waals surface area contributed by atoms with Crippen LogP contribution >= 0.6 is 11.3 Å². The third-order valence-corrected chi connectivity index (χ3v) is 15.2. The van der Waals surface area contributed by atoms with E-state index in [1.165, 1.54) is 19.3 Å². The molecule has 0 bridgehead atoms. The van der Waals surface area contributed by atoms with Gasteiger partial charge in [0.1, 0.15) is 23.1 Å². The van der Waals surface area contributed by atoms with Crippen LogP contribution in [0.25, 0.3) is 22.3 Å². The Balaban J connectivity index is 1.10. The van der Waals surface area contributed by atoms with Gasteiger partial charge < -0.3 is 19.7 Å². The first-order chi connectivity index (χ1) is 26.5. The van der Waals surface area contributed by atoms with Crippen LogP contribution < -0.4 is 19.5 Å². The predicted molar refractivity (Wildman–Crippen MR) is 210 cm³/mol. The summed E-state index contributed by atoms with van der Waals surface area (Å²) in [5.41, 5.74) is 1.67. The Morgan fingerprint density at radius 2 is 1.78 bits per heavy atom. The van der Waals surface area contributed by atoms with Gasteiger partial charge in [0.05, 0.1) is 46.1 Å². The molecule has 4 fully saturated rings. The van der Waals surface area contributed by atoms with Crippen molar-refractivity contribution in [2.45, 2.75) is 113 Å². The second kappa shape index (κ2) is 15.1. The average Bonchev–Trinajstić information content (AvgIpc) is 4.06. The molecule has 0 unspecified atom stereocenters. The monoisotopic (exact) mass is 789 g/mol.